The number of carbonyl (C=O) groups is 1. The molecular weight excluding hydrogens is 311 g/mol. The zero-order valence-electron chi connectivity index (χ0n) is 11.5. The molecule has 1 atom stereocenters. The maximum atomic E-state index is 12.2. The number of carbonyl (C=O) groups excluding carboxylic acids is 1. The maximum Gasteiger partial charge on any atom is 0.422 e. The summed E-state index contributed by atoms with van der Waals surface area (Å²) in [4.78, 5) is 11.8. The molecule has 0 heterocycles. The van der Waals surface area contributed by atoms with Crippen LogP contribution >= 0.6 is 11.6 Å². The maximum absolute atomic E-state index is 12.2. The summed E-state index contributed by atoms with van der Waals surface area (Å²) >= 11 is 5.72. The van der Waals surface area contributed by atoms with E-state index in [-0.39, 0.29) is 16.5 Å². The molecule has 0 bridgehead atoms. The molecule has 0 aliphatic heterocycles. The molecular formula is C13H15ClF3NO3. The van der Waals surface area contributed by atoms with Crippen LogP contribution in [0, 0.1) is 0 Å². The molecule has 1 aromatic rings. The minimum absolute atomic E-state index is 0.0974. The van der Waals surface area contributed by atoms with Crippen LogP contribution in [0.1, 0.15) is 13.8 Å². The Balaban J connectivity index is 2.84. The SMILES string of the molecule is CCOC(C)C(=O)Nc1ccc(Cl)cc1OCC(F)(F)F. The fraction of sp³-hybridized carbons (Fsp3) is 0.462. The van der Waals surface area contributed by atoms with Crippen molar-refractivity contribution in [3.63, 3.8) is 0 Å². The topological polar surface area (TPSA) is 47.6 Å². The van der Waals surface area contributed by atoms with Crippen molar-refractivity contribution in [1.29, 1.82) is 0 Å². The van der Waals surface area contributed by atoms with Crippen molar-refractivity contribution in [2.24, 2.45) is 0 Å². The van der Waals surface area contributed by atoms with Crippen molar-refractivity contribution in [3.8, 4) is 5.75 Å². The average Bonchev–Trinajstić information content (AvgIpc) is 2.38. The number of hydrogen-bond acceptors (Lipinski definition) is 3. The van der Waals surface area contributed by atoms with E-state index in [0.717, 1.165) is 0 Å². The van der Waals surface area contributed by atoms with Crippen LogP contribution in [0.15, 0.2) is 18.2 Å². The van der Waals surface area contributed by atoms with Crippen LogP contribution in [-0.4, -0.2) is 31.4 Å². The van der Waals surface area contributed by atoms with E-state index in [2.05, 4.69) is 10.1 Å². The lowest BCUT2D eigenvalue weighted by Gasteiger charge is -2.16. The summed E-state index contributed by atoms with van der Waals surface area (Å²) in [5.74, 6) is -0.645. The van der Waals surface area contributed by atoms with Gasteiger partial charge in [-0.2, -0.15) is 13.2 Å². The van der Waals surface area contributed by atoms with Gasteiger partial charge in [0, 0.05) is 17.7 Å². The molecule has 0 aromatic heterocycles. The first kappa shape index (κ1) is 17.6. The van der Waals surface area contributed by atoms with Crippen LogP contribution in [0.25, 0.3) is 0 Å². The van der Waals surface area contributed by atoms with E-state index in [1.54, 1.807) is 6.92 Å². The standard InChI is InChI=1S/C13H15ClF3NO3/c1-3-20-8(2)12(19)18-10-5-4-9(14)6-11(10)21-7-13(15,16)17/h4-6,8H,3,7H2,1-2H3,(H,18,19). The molecule has 1 unspecified atom stereocenters. The summed E-state index contributed by atoms with van der Waals surface area (Å²) in [5, 5.41) is 2.64. The number of halogens is 4. The van der Waals surface area contributed by atoms with Crippen molar-refractivity contribution >= 4 is 23.2 Å². The number of nitrogens with one attached hydrogen (secondary N) is 1. The second-order valence-corrected chi connectivity index (χ2v) is 4.57. The fourth-order valence-corrected chi connectivity index (χ4v) is 1.60. The minimum Gasteiger partial charge on any atom is -0.482 e. The second-order valence-electron chi connectivity index (χ2n) is 4.13. The van der Waals surface area contributed by atoms with E-state index in [1.807, 2.05) is 0 Å². The van der Waals surface area contributed by atoms with Crippen molar-refractivity contribution in [1.82, 2.24) is 0 Å². The van der Waals surface area contributed by atoms with Gasteiger partial charge >= 0.3 is 6.18 Å². The number of alkyl halides is 3. The molecule has 0 saturated heterocycles. The monoisotopic (exact) mass is 325 g/mol. The zero-order valence-corrected chi connectivity index (χ0v) is 12.2. The molecule has 1 N–H and O–H groups in total. The Morgan fingerprint density at radius 3 is 2.67 bits per heavy atom. The first-order valence-electron chi connectivity index (χ1n) is 6.14. The molecule has 8 heteroatoms. The number of rotatable bonds is 6. The quantitative estimate of drug-likeness (QED) is 0.868. The Bertz CT molecular complexity index is 494. The van der Waals surface area contributed by atoms with E-state index in [0.29, 0.717) is 6.61 Å². The van der Waals surface area contributed by atoms with Gasteiger partial charge in [-0.15, -0.1) is 0 Å². The molecule has 0 aliphatic carbocycles. The highest BCUT2D eigenvalue weighted by atomic mass is 35.5. The van der Waals surface area contributed by atoms with Crippen LogP contribution in [-0.2, 0) is 9.53 Å². The number of ether oxygens (including phenoxy) is 2. The Kier molecular flexibility index (Phi) is 6.29. The third-order valence-electron chi connectivity index (χ3n) is 2.38. The number of benzene rings is 1. The lowest BCUT2D eigenvalue weighted by atomic mass is 10.2. The smallest absolute Gasteiger partial charge is 0.422 e. The van der Waals surface area contributed by atoms with Crippen LogP contribution in [0.2, 0.25) is 5.02 Å². The largest absolute Gasteiger partial charge is 0.482 e. The molecule has 0 saturated carbocycles. The highest BCUT2D eigenvalue weighted by Crippen LogP contribution is 2.30. The Morgan fingerprint density at radius 1 is 1.43 bits per heavy atom. The lowest BCUT2D eigenvalue weighted by molar-refractivity contribution is -0.153. The summed E-state index contributed by atoms with van der Waals surface area (Å²) in [6, 6.07) is 4.00. The summed E-state index contributed by atoms with van der Waals surface area (Å²) in [5.41, 5.74) is 0.0974. The van der Waals surface area contributed by atoms with Gasteiger partial charge in [0.05, 0.1) is 5.69 Å². The highest BCUT2D eigenvalue weighted by Gasteiger charge is 2.29. The molecule has 0 radical (unpaired) electrons. The average molecular weight is 326 g/mol. The third-order valence-corrected chi connectivity index (χ3v) is 2.61. The number of amides is 1. The van der Waals surface area contributed by atoms with Gasteiger partial charge in [-0.1, -0.05) is 11.6 Å². The summed E-state index contributed by atoms with van der Waals surface area (Å²) < 4.78 is 46.4. The molecule has 1 amide bonds. The molecule has 4 nitrogen and oxygen atoms in total. The minimum atomic E-state index is -4.48. The van der Waals surface area contributed by atoms with E-state index in [9.17, 15) is 18.0 Å². The summed E-state index contributed by atoms with van der Waals surface area (Å²) in [6.45, 7) is 2.12. The van der Waals surface area contributed by atoms with E-state index < -0.39 is 24.8 Å². The summed E-state index contributed by atoms with van der Waals surface area (Å²) in [7, 11) is 0. The fourth-order valence-electron chi connectivity index (χ4n) is 1.44. The van der Waals surface area contributed by atoms with E-state index in [1.165, 1.54) is 25.1 Å². The van der Waals surface area contributed by atoms with Crippen molar-refractivity contribution < 1.29 is 27.4 Å². The predicted molar refractivity (Wildman–Crippen MR) is 72.7 cm³/mol. The molecule has 0 fully saturated rings. The van der Waals surface area contributed by atoms with Crippen molar-refractivity contribution in [2.45, 2.75) is 26.1 Å². The van der Waals surface area contributed by atoms with Crippen LogP contribution < -0.4 is 10.1 Å². The van der Waals surface area contributed by atoms with Gasteiger partial charge in [0.2, 0.25) is 0 Å². The molecule has 1 rings (SSSR count). The van der Waals surface area contributed by atoms with Gasteiger partial charge in [-0.05, 0) is 26.0 Å². The van der Waals surface area contributed by atoms with Crippen LogP contribution in [0.5, 0.6) is 5.75 Å². The molecule has 0 spiro atoms. The normalized spacial score (nSPS) is 12.9. The third kappa shape index (κ3) is 6.22. The Labute approximate surface area is 125 Å². The van der Waals surface area contributed by atoms with Gasteiger partial charge < -0.3 is 14.8 Å². The molecule has 1 aromatic carbocycles. The van der Waals surface area contributed by atoms with Gasteiger partial charge in [-0.25, -0.2) is 0 Å². The second kappa shape index (κ2) is 7.51. The first-order chi connectivity index (χ1) is 9.73. The van der Waals surface area contributed by atoms with E-state index in [4.69, 9.17) is 16.3 Å². The van der Waals surface area contributed by atoms with E-state index >= 15 is 0 Å². The highest BCUT2D eigenvalue weighted by molar-refractivity contribution is 6.30. The Morgan fingerprint density at radius 2 is 2.10 bits per heavy atom. The van der Waals surface area contributed by atoms with Gasteiger partial charge in [-0.3, -0.25) is 4.79 Å². The van der Waals surface area contributed by atoms with Crippen molar-refractivity contribution in [3.05, 3.63) is 23.2 Å². The van der Waals surface area contributed by atoms with Crippen LogP contribution in [0.3, 0.4) is 0 Å². The molecule has 21 heavy (non-hydrogen) atoms. The van der Waals surface area contributed by atoms with Crippen LogP contribution in [0.4, 0.5) is 18.9 Å². The molecule has 0 aliphatic rings. The zero-order chi connectivity index (χ0) is 16.0. The van der Waals surface area contributed by atoms with Crippen molar-refractivity contribution in [2.75, 3.05) is 18.5 Å². The number of anilines is 1. The molecule has 118 valence electrons. The Hall–Kier alpha value is -1.47. The first-order valence-corrected chi connectivity index (χ1v) is 6.52. The summed E-state index contributed by atoms with van der Waals surface area (Å²) in [6.07, 6.45) is -5.22. The van der Waals surface area contributed by atoms with Gasteiger partial charge in [0.15, 0.2) is 6.61 Å². The van der Waals surface area contributed by atoms with Gasteiger partial charge in [0.1, 0.15) is 11.9 Å². The number of hydrogen-bond donors (Lipinski definition) is 1. The van der Waals surface area contributed by atoms with Gasteiger partial charge in [0.25, 0.3) is 5.91 Å². The lowest BCUT2D eigenvalue weighted by Crippen LogP contribution is -2.28. The predicted octanol–water partition coefficient (Wildman–Crippen LogP) is 3.64.